The van der Waals surface area contributed by atoms with Crippen LogP contribution in [0.3, 0.4) is 0 Å². The van der Waals surface area contributed by atoms with Crippen molar-refractivity contribution in [2.45, 2.75) is 6.61 Å². The molecule has 0 fully saturated rings. The molecule has 0 radical (unpaired) electrons. The van der Waals surface area contributed by atoms with E-state index in [0.717, 1.165) is 0 Å². The van der Waals surface area contributed by atoms with Crippen molar-refractivity contribution < 1.29 is 18.7 Å². The molecule has 0 aliphatic heterocycles. The third-order valence-electron chi connectivity index (χ3n) is 4.09. The van der Waals surface area contributed by atoms with E-state index in [2.05, 4.69) is 15.8 Å². The van der Waals surface area contributed by atoms with Crippen LogP contribution in [0.4, 0.5) is 10.1 Å². The maximum Gasteiger partial charge on any atom is 0.329 e. The van der Waals surface area contributed by atoms with Crippen LogP contribution in [0.15, 0.2) is 65.8 Å². The third kappa shape index (κ3) is 6.20. The van der Waals surface area contributed by atoms with Crippen LogP contribution in [0.5, 0.6) is 5.75 Å². The standard InChI is InChI=1S/C22H15Cl3FN3O3/c23-16-6-2-8-18(26)15(16)12-32-14-5-1-4-13(10-14)11-27-29-22(31)21(30)28-19-9-3-7-17(24)20(19)25/h1-11H,12H2,(H,28,30)(H,29,31). The number of nitrogens with one attached hydrogen (secondary N) is 2. The van der Waals surface area contributed by atoms with E-state index in [1.165, 1.54) is 24.4 Å². The van der Waals surface area contributed by atoms with Crippen molar-refractivity contribution in [2.24, 2.45) is 5.10 Å². The number of nitrogens with zero attached hydrogens (tertiary/aromatic N) is 1. The molecule has 2 N–H and O–H groups in total. The van der Waals surface area contributed by atoms with Gasteiger partial charge in [-0.25, -0.2) is 9.82 Å². The Labute approximate surface area is 197 Å². The SMILES string of the molecule is O=C(NN=Cc1cccc(OCc2c(F)cccc2Cl)c1)C(=O)Nc1cccc(Cl)c1Cl. The highest BCUT2D eigenvalue weighted by Crippen LogP contribution is 2.29. The number of carbonyl (C=O) groups excluding carboxylic acids is 2. The predicted octanol–water partition coefficient (Wildman–Crippen LogP) is 5.45. The Kier molecular flexibility index (Phi) is 8.05. The van der Waals surface area contributed by atoms with Gasteiger partial charge in [0.15, 0.2) is 0 Å². The Balaban J connectivity index is 1.56. The first-order chi connectivity index (χ1) is 15.3. The van der Waals surface area contributed by atoms with Gasteiger partial charge in [0.2, 0.25) is 0 Å². The fraction of sp³-hybridized carbons (Fsp3) is 0.0455. The second-order valence-corrected chi connectivity index (χ2v) is 7.51. The average Bonchev–Trinajstić information content (AvgIpc) is 2.77. The number of halogens is 4. The topological polar surface area (TPSA) is 79.8 Å². The van der Waals surface area contributed by atoms with E-state index < -0.39 is 17.6 Å². The molecular formula is C22H15Cl3FN3O3. The van der Waals surface area contributed by atoms with E-state index in [4.69, 9.17) is 39.5 Å². The Bertz CT molecular complexity index is 1170. The molecule has 0 aromatic heterocycles. The van der Waals surface area contributed by atoms with Crippen molar-refractivity contribution in [2.75, 3.05) is 5.32 Å². The first-order valence-electron chi connectivity index (χ1n) is 9.09. The van der Waals surface area contributed by atoms with Crippen LogP contribution in [0, 0.1) is 5.82 Å². The van der Waals surface area contributed by atoms with Crippen molar-refractivity contribution in [3.05, 3.63) is 92.7 Å². The monoisotopic (exact) mass is 493 g/mol. The number of hydrazone groups is 1. The van der Waals surface area contributed by atoms with Gasteiger partial charge in [-0.2, -0.15) is 5.10 Å². The second-order valence-electron chi connectivity index (χ2n) is 6.32. The summed E-state index contributed by atoms with van der Waals surface area (Å²) in [6.07, 6.45) is 1.32. The van der Waals surface area contributed by atoms with E-state index in [-0.39, 0.29) is 32.9 Å². The first kappa shape index (κ1) is 23.5. The van der Waals surface area contributed by atoms with E-state index in [0.29, 0.717) is 11.3 Å². The minimum Gasteiger partial charge on any atom is -0.489 e. The quantitative estimate of drug-likeness (QED) is 0.271. The van der Waals surface area contributed by atoms with Crippen LogP contribution in [-0.4, -0.2) is 18.0 Å². The Morgan fingerprint density at radius 2 is 1.69 bits per heavy atom. The summed E-state index contributed by atoms with van der Waals surface area (Å²) in [7, 11) is 0. The second kappa shape index (κ2) is 10.9. The van der Waals surface area contributed by atoms with E-state index >= 15 is 0 Å². The molecule has 6 nitrogen and oxygen atoms in total. The van der Waals surface area contributed by atoms with E-state index in [9.17, 15) is 14.0 Å². The first-order valence-corrected chi connectivity index (χ1v) is 10.2. The lowest BCUT2D eigenvalue weighted by molar-refractivity contribution is -0.136. The molecule has 0 unspecified atom stereocenters. The summed E-state index contributed by atoms with van der Waals surface area (Å²) < 4.78 is 19.4. The number of ether oxygens (including phenoxy) is 1. The zero-order valence-corrected chi connectivity index (χ0v) is 18.5. The molecule has 0 saturated carbocycles. The largest absolute Gasteiger partial charge is 0.489 e. The molecule has 10 heteroatoms. The fourth-order valence-electron chi connectivity index (χ4n) is 2.51. The highest BCUT2D eigenvalue weighted by atomic mass is 35.5. The van der Waals surface area contributed by atoms with E-state index in [1.54, 1.807) is 42.5 Å². The van der Waals surface area contributed by atoms with Gasteiger partial charge in [-0.15, -0.1) is 0 Å². The van der Waals surface area contributed by atoms with Crippen molar-refractivity contribution in [1.82, 2.24) is 5.43 Å². The molecule has 0 aliphatic rings. The summed E-state index contributed by atoms with van der Waals surface area (Å²) >= 11 is 17.8. The van der Waals surface area contributed by atoms with Crippen LogP contribution in [0.25, 0.3) is 0 Å². The van der Waals surface area contributed by atoms with Crippen molar-refractivity contribution in [1.29, 1.82) is 0 Å². The molecule has 0 aliphatic carbocycles. The molecule has 0 atom stereocenters. The number of benzene rings is 3. The van der Waals surface area contributed by atoms with Gasteiger partial charge in [-0.05, 0) is 42.0 Å². The molecule has 3 aromatic rings. The molecule has 3 rings (SSSR count). The summed E-state index contributed by atoms with van der Waals surface area (Å²) in [5.74, 6) is -1.99. The number of amides is 2. The Morgan fingerprint density at radius 1 is 0.969 bits per heavy atom. The lowest BCUT2D eigenvalue weighted by atomic mass is 10.2. The van der Waals surface area contributed by atoms with Crippen molar-refractivity contribution in [3.63, 3.8) is 0 Å². The van der Waals surface area contributed by atoms with Gasteiger partial charge in [0.05, 0.1) is 27.0 Å². The number of rotatable bonds is 6. The summed E-state index contributed by atoms with van der Waals surface area (Å²) in [6.45, 7) is -0.0604. The van der Waals surface area contributed by atoms with Gasteiger partial charge in [-0.3, -0.25) is 9.59 Å². The molecule has 0 saturated heterocycles. The summed E-state index contributed by atoms with van der Waals surface area (Å²) in [6, 6.07) is 15.7. The predicted molar refractivity (Wildman–Crippen MR) is 123 cm³/mol. The lowest BCUT2D eigenvalue weighted by Crippen LogP contribution is -2.32. The number of anilines is 1. The van der Waals surface area contributed by atoms with Gasteiger partial charge < -0.3 is 10.1 Å². The molecule has 0 bridgehead atoms. The normalized spacial score (nSPS) is 10.8. The molecule has 32 heavy (non-hydrogen) atoms. The van der Waals surface area contributed by atoms with Gasteiger partial charge in [0, 0.05) is 5.56 Å². The number of hydrogen-bond donors (Lipinski definition) is 2. The van der Waals surface area contributed by atoms with Crippen molar-refractivity contribution >= 4 is 58.5 Å². The lowest BCUT2D eigenvalue weighted by Gasteiger charge is -2.09. The third-order valence-corrected chi connectivity index (χ3v) is 5.26. The van der Waals surface area contributed by atoms with Crippen LogP contribution in [0.1, 0.15) is 11.1 Å². The molecule has 0 heterocycles. The van der Waals surface area contributed by atoms with Crippen molar-refractivity contribution in [3.8, 4) is 5.75 Å². The maximum absolute atomic E-state index is 13.8. The van der Waals surface area contributed by atoms with Gasteiger partial charge in [0.1, 0.15) is 18.2 Å². The molecule has 3 aromatic carbocycles. The summed E-state index contributed by atoms with van der Waals surface area (Å²) in [5.41, 5.74) is 3.12. The number of carbonyl (C=O) groups is 2. The van der Waals surface area contributed by atoms with Crippen LogP contribution < -0.4 is 15.5 Å². The molecule has 0 spiro atoms. The summed E-state index contributed by atoms with van der Waals surface area (Å²) in [4.78, 5) is 23.9. The zero-order chi connectivity index (χ0) is 23.1. The number of hydrogen-bond acceptors (Lipinski definition) is 4. The van der Waals surface area contributed by atoms with Crippen LogP contribution >= 0.6 is 34.8 Å². The molecule has 2 amide bonds. The Hall–Kier alpha value is -3.13. The molecule has 164 valence electrons. The smallest absolute Gasteiger partial charge is 0.329 e. The summed E-state index contributed by atoms with van der Waals surface area (Å²) in [5, 5.41) is 6.72. The van der Waals surface area contributed by atoms with Gasteiger partial charge in [0.25, 0.3) is 0 Å². The minimum absolute atomic E-state index is 0.0604. The van der Waals surface area contributed by atoms with Gasteiger partial charge >= 0.3 is 11.8 Å². The van der Waals surface area contributed by atoms with Gasteiger partial charge in [-0.1, -0.05) is 59.1 Å². The molecular weight excluding hydrogens is 480 g/mol. The highest BCUT2D eigenvalue weighted by molar-refractivity contribution is 6.45. The van der Waals surface area contributed by atoms with E-state index in [1.807, 2.05) is 0 Å². The van der Waals surface area contributed by atoms with Crippen LogP contribution in [0.2, 0.25) is 15.1 Å². The van der Waals surface area contributed by atoms with Crippen LogP contribution in [-0.2, 0) is 16.2 Å². The Morgan fingerprint density at radius 3 is 2.47 bits per heavy atom. The average molecular weight is 495 g/mol. The zero-order valence-electron chi connectivity index (χ0n) is 16.2. The fourth-order valence-corrected chi connectivity index (χ4v) is 3.07. The minimum atomic E-state index is -1.00. The highest BCUT2D eigenvalue weighted by Gasteiger charge is 2.15. The maximum atomic E-state index is 13.8.